The lowest BCUT2D eigenvalue weighted by atomic mass is 9.97. The van der Waals surface area contributed by atoms with Crippen LogP contribution >= 0.6 is 0 Å². The van der Waals surface area contributed by atoms with Gasteiger partial charge in [0.25, 0.3) is 0 Å². The van der Waals surface area contributed by atoms with Crippen LogP contribution in [0.15, 0.2) is 12.7 Å². The average Bonchev–Trinajstić information content (AvgIpc) is 1.85. The molecule has 0 amide bonds. The van der Waals surface area contributed by atoms with E-state index in [1.54, 1.807) is 0 Å². The number of allylic oxidation sites excluding steroid dienone is 1. The monoisotopic (exact) mass is 156 g/mol. The van der Waals surface area contributed by atoms with E-state index in [1.807, 2.05) is 19.9 Å². The van der Waals surface area contributed by atoms with Gasteiger partial charge in [-0.05, 0) is 32.6 Å². The van der Waals surface area contributed by atoms with E-state index < -0.39 is 5.60 Å². The second-order valence-electron chi connectivity index (χ2n) is 3.92. The maximum Gasteiger partial charge on any atom is 0.0591 e. The first-order chi connectivity index (χ1) is 4.95. The molecule has 0 rings (SSSR count). The fourth-order valence-electron chi connectivity index (χ4n) is 0.974. The highest BCUT2D eigenvalue weighted by atomic mass is 16.3. The van der Waals surface area contributed by atoms with Crippen LogP contribution in [-0.4, -0.2) is 10.7 Å². The summed E-state index contributed by atoms with van der Waals surface area (Å²) < 4.78 is 0. The first kappa shape index (κ1) is 10.7. The van der Waals surface area contributed by atoms with Crippen LogP contribution < -0.4 is 0 Å². The van der Waals surface area contributed by atoms with Crippen LogP contribution in [0.1, 0.15) is 40.0 Å². The minimum atomic E-state index is -0.499. The van der Waals surface area contributed by atoms with Gasteiger partial charge in [0, 0.05) is 0 Å². The standard InChI is InChI=1S/C10H20O/c1-5-9(2)7-6-8-10(3,4)11/h5,9,11H,1,6-8H2,2-4H3/t9-/m1/s1. The fourth-order valence-corrected chi connectivity index (χ4v) is 0.974. The average molecular weight is 156 g/mol. The number of aliphatic hydroxyl groups is 1. The van der Waals surface area contributed by atoms with Gasteiger partial charge in [0.2, 0.25) is 0 Å². The molecule has 0 saturated carbocycles. The lowest BCUT2D eigenvalue weighted by molar-refractivity contribution is 0.0675. The molecule has 0 aromatic carbocycles. The van der Waals surface area contributed by atoms with Crippen LogP contribution in [0, 0.1) is 5.92 Å². The predicted octanol–water partition coefficient (Wildman–Crippen LogP) is 2.75. The highest BCUT2D eigenvalue weighted by Gasteiger charge is 2.11. The summed E-state index contributed by atoms with van der Waals surface area (Å²) in [6.07, 6.45) is 5.06. The summed E-state index contributed by atoms with van der Waals surface area (Å²) in [7, 11) is 0. The van der Waals surface area contributed by atoms with E-state index in [-0.39, 0.29) is 0 Å². The SMILES string of the molecule is C=C[C@@H](C)CCCC(C)(C)O. The maximum atomic E-state index is 9.38. The summed E-state index contributed by atoms with van der Waals surface area (Å²) >= 11 is 0. The minimum absolute atomic E-state index is 0.499. The van der Waals surface area contributed by atoms with Crippen LogP contribution in [0.3, 0.4) is 0 Å². The van der Waals surface area contributed by atoms with Crippen LogP contribution in [-0.2, 0) is 0 Å². The maximum absolute atomic E-state index is 9.38. The van der Waals surface area contributed by atoms with Gasteiger partial charge in [0.1, 0.15) is 0 Å². The van der Waals surface area contributed by atoms with Gasteiger partial charge >= 0.3 is 0 Å². The third-order valence-corrected chi connectivity index (χ3v) is 1.85. The van der Waals surface area contributed by atoms with Gasteiger partial charge in [0.15, 0.2) is 0 Å². The molecule has 0 spiro atoms. The number of hydrogen-bond donors (Lipinski definition) is 1. The molecular formula is C10H20O. The van der Waals surface area contributed by atoms with Crippen LogP contribution in [0.2, 0.25) is 0 Å². The summed E-state index contributed by atoms with van der Waals surface area (Å²) in [6, 6.07) is 0. The molecule has 0 unspecified atom stereocenters. The second-order valence-corrected chi connectivity index (χ2v) is 3.92. The van der Waals surface area contributed by atoms with E-state index in [4.69, 9.17) is 0 Å². The summed E-state index contributed by atoms with van der Waals surface area (Å²) in [6.45, 7) is 9.57. The molecule has 66 valence electrons. The predicted molar refractivity (Wildman–Crippen MR) is 49.5 cm³/mol. The topological polar surface area (TPSA) is 20.2 Å². The van der Waals surface area contributed by atoms with E-state index in [0.717, 1.165) is 19.3 Å². The summed E-state index contributed by atoms with van der Waals surface area (Å²) in [4.78, 5) is 0. The first-order valence-corrected chi connectivity index (χ1v) is 4.30. The van der Waals surface area contributed by atoms with Gasteiger partial charge in [-0.25, -0.2) is 0 Å². The Balaban J connectivity index is 3.35. The van der Waals surface area contributed by atoms with Gasteiger partial charge in [-0.1, -0.05) is 19.4 Å². The third-order valence-electron chi connectivity index (χ3n) is 1.85. The van der Waals surface area contributed by atoms with Gasteiger partial charge in [-0.2, -0.15) is 0 Å². The Morgan fingerprint density at radius 3 is 2.45 bits per heavy atom. The van der Waals surface area contributed by atoms with E-state index >= 15 is 0 Å². The lowest BCUT2D eigenvalue weighted by Crippen LogP contribution is -2.18. The molecule has 0 aliphatic heterocycles. The van der Waals surface area contributed by atoms with Crippen molar-refractivity contribution in [2.75, 3.05) is 0 Å². The van der Waals surface area contributed by atoms with Crippen molar-refractivity contribution >= 4 is 0 Å². The highest BCUT2D eigenvalue weighted by Crippen LogP contribution is 2.15. The lowest BCUT2D eigenvalue weighted by Gasteiger charge is -2.17. The van der Waals surface area contributed by atoms with Crippen LogP contribution in [0.4, 0.5) is 0 Å². The Kier molecular flexibility index (Phi) is 4.43. The fraction of sp³-hybridized carbons (Fsp3) is 0.800. The highest BCUT2D eigenvalue weighted by molar-refractivity contribution is 4.75. The van der Waals surface area contributed by atoms with Crippen molar-refractivity contribution in [1.82, 2.24) is 0 Å². The number of hydrogen-bond acceptors (Lipinski definition) is 1. The Hall–Kier alpha value is -0.300. The van der Waals surface area contributed by atoms with Gasteiger partial charge in [-0.3, -0.25) is 0 Å². The zero-order valence-corrected chi connectivity index (χ0v) is 7.93. The molecule has 0 heterocycles. The molecule has 1 N–H and O–H groups in total. The van der Waals surface area contributed by atoms with E-state index in [0.29, 0.717) is 5.92 Å². The van der Waals surface area contributed by atoms with Gasteiger partial charge < -0.3 is 5.11 Å². The van der Waals surface area contributed by atoms with Crippen molar-refractivity contribution < 1.29 is 5.11 Å². The molecule has 11 heavy (non-hydrogen) atoms. The molecule has 0 aromatic rings. The minimum Gasteiger partial charge on any atom is -0.390 e. The van der Waals surface area contributed by atoms with Crippen molar-refractivity contribution in [3.05, 3.63) is 12.7 Å². The van der Waals surface area contributed by atoms with Crippen molar-refractivity contribution in [2.24, 2.45) is 5.92 Å². The van der Waals surface area contributed by atoms with E-state index in [2.05, 4.69) is 13.5 Å². The quantitative estimate of drug-likeness (QED) is 0.607. The van der Waals surface area contributed by atoms with E-state index in [9.17, 15) is 5.11 Å². The zero-order valence-electron chi connectivity index (χ0n) is 7.93. The summed E-state index contributed by atoms with van der Waals surface area (Å²) in [5.74, 6) is 0.581. The van der Waals surface area contributed by atoms with Gasteiger partial charge in [0.05, 0.1) is 5.60 Å². The second kappa shape index (κ2) is 4.55. The summed E-state index contributed by atoms with van der Waals surface area (Å²) in [5, 5.41) is 9.38. The molecule has 1 atom stereocenters. The molecule has 1 nitrogen and oxygen atoms in total. The third kappa shape index (κ3) is 7.60. The normalized spacial score (nSPS) is 14.5. The van der Waals surface area contributed by atoms with Crippen LogP contribution in [0.25, 0.3) is 0 Å². The molecule has 0 aliphatic carbocycles. The number of rotatable bonds is 5. The Bertz CT molecular complexity index is 111. The molecule has 0 aliphatic rings. The molecule has 0 saturated heterocycles. The van der Waals surface area contributed by atoms with E-state index in [1.165, 1.54) is 0 Å². The molecule has 0 radical (unpaired) electrons. The van der Waals surface area contributed by atoms with Crippen molar-refractivity contribution in [2.45, 2.75) is 45.6 Å². The van der Waals surface area contributed by atoms with Crippen LogP contribution in [0.5, 0.6) is 0 Å². The first-order valence-electron chi connectivity index (χ1n) is 4.30. The summed E-state index contributed by atoms with van der Waals surface area (Å²) in [5.41, 5.74) is -0.499. The van der Waals surface area contributed by atoms with Crippen molar-refractivity contribution in [3.8, 4) is 0 Å². The molecule has 0 aromatic heterocycles. The van der Waals surface area contributed by atoms with Gasteiger partial charge in [-0.15, -0.1) is 6.58 Å². The Morgan fingerprint density at radius 1 is 1.55 bits per heavy atom. The van der Waals surface area contributed by atoms with Crippen molar-refractivity contribution in [3.63, 3.8) is 0 Å². The zero-order chi connectivity index (χ0) is 8.91. The smallest absolute Gasteiger partial charge is 0.0591 e. The molecule has 0 bridgehead atoms. The Morgan fingerprint density at radius 2 is 2.09 bits per heavy atom. The molecular weight excluding hydrogens is 136 g/mol. The Labute approximate surface area is 70.1 Å². The van der Waals surface area contributed by atoms with Crippen molar-refractivity contribution in [1.29, 1.82) is 0 Å². The molecule has 0 fully saturated rings. The molecule has 1 heteroatoms. The largest absolute Gasteiger partial charge is 0.390 e.